The first-order chi connectivity index (χ1) is 17.0. The van der Waals surface area contributed by atoms with E-state index in [4.69, 9.17) is 42.1 Å². The van der Waals surface area contributed by atoms with Crippen molar-refractivity contribution >= 4 is 51.0 Å². The van der Waals surface area contributed by atoms with E-state index in [0.717, 1.165) is 26.7 Å². The number of fused-ring (bicyclic) bond motifs is 4. The average molecular weight is 575 g/mol. The van der Waals surface area contributed by atoms with Crippen molar-refractivity contribution in [1.82, 2.24) is 4.90 Å². The predicted molar refractivity (Wildman–Crippen MR) is 135 cm³/mol. The highest BCUT2D eigenvalue weighted by atomic mass is 79.9. The van der Waals surface area contributed by atoms with Crippen LogP contribution in [-0.4, -0.2) is 24.2 Å². The molecule has 3 aromatic rings. The molecule has 0 aliphatic carbocycles. The lowest BCUT2D eigenvalue weighted by molar-refractivity contribution is -0.0165. The lowest BCUT2D eigenvalue weighted by Gasteiger charge is -2.29. The van der Waals surface area contributed by atoms with Gasteiger partial charge in [-0.3, -0.25) is 9.69 Å². The summed E-state index contributed by atoms with van der Waals surface area (Å²) in [4.78, 5) is 15.3. The zero-order valence-corrected chi connectivity index (χ0v) is 21.4. The summed E-state index contributed by atoms with van der Waals surface area (Å²) >= 11 is 15.7. The monoisotopic (exact) mass is 573 g/mol. The van der Waals surface area contributed by atoms with E-state index in [1.807, 2.05) is 30.3 Å². The molecule has 0 spiro atoms. The Labute approximate surface area is 220 Å². The Morgan fingerprint density at radius 1 is 1.03 bits per heavy atom. The summed E-state index contributed by atoms with van der Waals surface area (Å²) < 4.78 is 24.1. The van der Waals surface area contributed by atoms with Gasteiger partial charge in [0.05, 0.1) is 27.8 Å². The van der Waals surface area contributed by atoms with E-state index < -0.39 is 0 Å². The van der Waals surface area contributed by atoms with Crippen molar-refractivity contribution in [2.45, 2.75) is 19.7 Å². The summed E-state index contributed by atoms with van der Waals surface area (Å²) in [5.74, 6) is 2.00. The first-order valence-corrected chi connectivity index (χ1v) is 12.4. The highest BCUT2D eigenvalue weighted by Crippen LogP contribution is 2.43. The van der Waals surface area contributed by atoms with Crippen molar-refractivity contribution in [2.75, 3.05) is 13.5 Å². The van der Waals surface area contributed by atoms with Crippen molar-refractivity contribution in [3.8, 4) is 17.2 Å². The molecule has 0 saturated heterocycles. The number of nitrogens with zero attached hydrogens (tertiary/aromatic N) is 1. The van der Waals surface area contributed by atoms with Crippen LogP contribution in [0.5, 0.6) is 17.2 Å². The highest BCUT2D eigenvalue weighted by molar-refractivity contribution is 9.10. The highest BCUT2D eigenvalue weighted by Gasteiger charge is 2.34. The maximum absolute atomic E-state index is 13.2. The number of carbonyl (C=O) groups is 1. The zero-order chi connectivity index (χ0) is 24.1. The van der Waals surface area contributed by atoms with Crippen molar-refractivity contribution in [2.24, 2.45) is 0 Å². The van der Waals surface area contributed by atoms with Gasteiger partial charge in [-0.1, -0.05) is 45.2 Å². The second-order valence-electron chi connectivity index (χ2n) is 8.46. The number of hydrogen-bond acceptors (Lipinski definition) is 6. The Morgan fingerprint density at radius 3 is 2.77 bits per heavy atom. The Balaban J connectivity index is 1.30. The second kappa shape index (κ2) is 9.15. The van der Waals surface area contributed by atoms with E-state index in [2.05, 4.69) is 20.8 Å². The number of ether oxygens (including phenoxy) is 4. The molecule has 3 aromatic carbocycles. The molecule has 3 aliphatic heterocycles. The number of rotatable bonds is 3. The molecular formula is C26H18BrCl2NO5. The van der Waals surface area contributed by atoms with Crippen LogP contribution in [0.3, 0.4) is 0 Å². The van der Waals surface area contributed by atoms with Crippen LogP contribution < -0.4 is 14.2 Å². The first kappa shape index (κ1) is 22.9. The van der Waals surface area contributed by atoms with Crippen LogP contribution in [0.25, 0.3) is 6.08 Å². The third-order valence-corrected chi connectivity index (χ3v) is 7.26. The average Bonchev–Trinajstić information content (AvgIpc) is 3.17. The number of benzene rings is 3. The molecule has 0 N–H and O–H groups in total. The molecule has 0 fully saturated rings. The molecule has 3 aliphatic rings. The summed E-state index contributed by atoms with van der Waals surface area (Å²) in [5.41, 5.74) is 4.03. The van der Waals surface area contributed by atoms with Gasteiger partial charge in [-0.05, 0) is 48.0 Å². The second-order valence-corrected chi connectivity index (χ2v) is 10.2. The van der Waals surface area contributed by atoms with E-state index in [1.165, 1.54) is 0 Å². The summed E-state index contributed by atoms with van der Waals surface area (Å²) in [6.45, 7) is 2.19. The minimum absolute atomic E-state index is 0.166. The summed E-state index contributed by atoms with van der Waals surface area (Å²) in [7, 11) is 0. The molecule has 0 saturated carbocycles. The van der Waals surface area contributed by atoms with Crippen molar-refractivity contribution < 1.29 is 23.7 Å². The van der Waals surface area contributed by atoms with Gasteiger partial charge in [0.25, 0.3) is 0 Å². The fourth-order valence-corrected chi connectivity index (χ4v) is 5.30. The molecule has 178 valence electrons. The number of hydrogen-bond donors (Lipinski definition) is 0. The van der Waals surface area contributed by atoms with E-state index >= 15 is 0 Å². The molecule has 6 rings (SSSR count). The molecule has 6 nitrogen and oxygen atoms in total. The Morgan fingerprint density at radius 2 is 1.91 bits per heavy atom. The zero-order valence-electron chi connectivity index (χ0n) is 18.3. The molecule has 0 bridgehead atoms. The number of Topliss-reactive ketones (excluding diaryl/α,β-unsaturated/α-hetero) is 1. The van der Waals surface area contributed by atoms with Crippen LogP contribution in [0, 0.1) is 0 Å². The minimum Gasteiger partial charge on any atom is -0.478 e. The number of allylic oxidation sites excluding steroid dienone is 1. The largest absolute Gasteiger partial charge is 0.478 e. The van der Waals surface area contributed by atoms with Gasteiger partial charge in [0.2, 0.25) is 5.78 Å². The third-order valence-electron chi connectivity index (χ3n) is 6.06. The fraction of sp³-hybridized carbons (Fsp3) is 0.192. The van der Waals surface area contributed by atoms with E-state index in [0.29, 0.717) is 59.3 Å². The fourth-order valence-electron chi connectivity index (χ4n) is 4.46. The standard InChI is InChI=1S/C26H18BrCl2NO5/c27-17-6-15(25-16(7-17)11-32-13-34-25)8-23-24(31)18-2-4-22-19(26(18)35-23)10-30(12-33-22)9-14-1-3-20(28)21(29)5-14/h1-8H,9-13H2/b23-8-. The normalized spacial score (nSPS) is 17.8. The maximum atomic E-state index is 13.2. The van der Waals surface area contributed by atoms with Crippen LogP contribution in [0.1, 0.15) is 32.6 Å². The molecule has 9 heteroatoms. The predicted octanol–water partition coefficient (Wildman–Crippen LogP) is 6.59. The van der Waals surface area contributed by atoms with Gasteiger partial charge in [0.1, 0.15) is 24.0 Å². The number of carbonyl (C=O) groups excluding carboxylic acids is 1. The van der Waals surface area contributed by atoms with Gasteiger partial charge in [-0.15, -0.1) is 0 Å². The Kier molecular flexibility index (Phi) is 5.98. The van der Waals surface area contributed by atoms with Crippen molar-refractivity contribution in [3.05, 3.63) is 90.6 Å². The van der Waals surface area contributed by atoms with E-state index in [1.54, 1.807) is 18.2 Å². The lowest BCUT2D eigenvalue weighted by Crippen LogP contribution is -2.31. The quantitative estimate of drug-likeness (QED) is 0.329. The van der Waals surface area contributed by atoms with Gasteiger partial charge >= 0.3 is 0 Å². The number of halogens is 3. The third kappa shape index (κ3) is 4.32. The topological polar surface area (TPSA) is 57.2 Å². The number of ketones is 1. The molecule has 0 amide bonds. The Bertz CT molecular complexity index is 1410. The van der Waals surface area contributed by atoms with Gasteiger partial charge in [-0.25, -0.2) is 0 Å². The lowest BCUT2D eigenvalue weighted by atomic mass is 10.0. The molecule has 35 heavy (non-hydrogen) atoms. The molecular weight excluding hydrogens is 557 g/mol. The minimum atomic E-state index is -0.176. The van der Waals surface area contributed by atoms with Crippen LogP contribution in [0.4, 0.5) is 0 Å². The van der Waals surface area contributed by atoms with Crippen LogP contribution in [-0.2, 0) is 24.4 Å². The summed E-state index contributed by atoms with van der Waals surface area (Å²) in [6, 6.07) is 13.0. The molecule has 0 unspecified atom stereocenters. The molecule has 0 atom stereocenters. The molecule has 0 radical (unpaired) electrons. The molecule has 0 aromatic heterocycles. The Hall–Kier alpha value is -2.55. The molecule has 3 heterocycles. The van der Waals surface area contributed by atoms with Crippen molar-refractivity contribution in [1.29, 1.82) is 0 Å². The van der Waals surface area contributed by atoms with Gasteiger partial charge in [-0.2, -0.15) is 0 Å². The SMILES string of the molecule is O=C1/C(=C/c2cc(Br)cc3c2OCOC3)Oc2c1ccc1c2CN(Cc2ccc(Cl)c(Cl)c2)CO1. The van der Waals surface area contributed by atoms with Gasteiger partial charge in [0, 0.05) is 28.7 Å². The van der Waals surface area contributed by atoms with E-state index in [-0.39, 0.29) is 18.3 Å². The maximum Gasteiger partial charge on any atom is 0.231 e. The van der Waals surface area contributed by atoms with Crippen LogP contribution in [0.15, 0.2) is 52.7 Å². The van der Waals surface area contributed by atoms with Gasteiger partial charge < -0.3 is 18.9 Å². The first-order valence-electron chi connectivity index (χ1n) is 10.9. The van der Waals surface area contributed by atoms with Crippen LogP contribution >= 0.6 is 39.1 Å². The van der Waals surface area contributed by atoms with Crippen molar-refractivity contribution in [3.63, 3.8) is 0 Å². The van der Waals surface area contributed by atoms with E-state index in [9.17, 15) is 4.79 Å². The summed E-state index contributed by atoms with van der Waals surface area (Å²) in [5, 5.41) is 1.03. The smallest absolute Gasteiger partial charge is 0.231 e. The van der Waals surface area contributed by atoms with Crippen LogP contribution in [0.2, 0.25) is 10.0 Å². The van der Waals surface area contributed by atoms with Gasteiger partial charge in [0.15, 0.2) is 12.6 Å². The summed E-state index contributed by atoms with van der Waals surface area (Å²) in [6.07, 6.45) is 1.72.